The number of benzene rings is 1. The Morgan fingerprint density at radius 2 is 2.14 bits per heavy atom. The lowest BCUT2D eigenvalue weighted by Gasteiger charge is -2.54. The summed E-state index contributed by atoms with van der Waals surface area (Å²) in [5.74, 6) is 0.112. The van der Waals surface area contributed by atoms with Gasteiger partial charge in [0.15, 0.2) is 5.96 Å². The third-order valence-corrected chi connectivity index (χ3v) is 5.42. The van der Waals surface area contributed by atoms with E-state index in [0.717, 1.165) is 13.0 Å². The Balaban J connectivity index is 0.00000280. The Kier molecular flexibility index (Phi) is 7.83. The molecule has 0 bridgehead atoms. The van der Waals surface area contributed by atoms with Crippen LogP contribution in [0.25, 0.3) is 0 Å². The molecule has 1 saturated heterocycles. The van der Waals surface area contributed by atoms with E-state index in [-0.39, 0.29) is 59.4 Å². The second-order valence-corrected chi connectivity index (χ2v) is 7.48. The van der Waals surface area contributed by atoms with Crippen molar-refractivity contribution in [2.24, 2.45) is 16.3 Å². The molecule has 2 N–H and O–H groups in total. The van der Waals surface area contributed by atoms with Gasteiger partial charge in [0.2, 0.25) is 0 Å². The third-order valence-electron chi connectivity index (χ3n) is 5.42. The Morgan fingerprint density at radius 3 is 2.82 bits per heavy atom. The van der Waals surface area contributed by atoms with E-state index in [1.54, 1.807) is 0 Å². The molecule has 0 amide bonds. The molecule has 28 heavy (non-hydrogen) atoms. The zero-order chi connectivity index (χ0) is 19.6. The summed E-state index contributed by atoms with van der Waals surface area (Å²) in [5.41, 5.74) is -0.0378. The van der Waals surface area contributed by atoms with E-state index >= 15 is 0 Å². The number of nitrogens with zero attached hydrogens (tertiary/aromatic N) is 1. The Bertz CT molecular complexity index is 703. The molecule has 3 unspecified atom stereocenters. The van der Waals surface area contributed by atoms with Crippen LogP contribution in [0.2, 0.25) is 0 Å². The molecule has 9 heteroatoms. The van der Waals surface area contributed by atoms with Gasteiger partial charge in [-0.15, -0.1) is 24.0 Å². The van der Waals surface area contributed by atoms with Gasteiger partial charge in [0, 0.05) is 30.5 Å². The standard InChI is InChI=1S/C19H26F3N3O2.HI/c1-4-23-18(25-15-11-8-9-26-16(11)19(15,2)3)24-10-12-13(20)6-5-7-14(12)27-17(21)22;/h5-7,11,15-17H,4,8-10H2,1-3H3,(H2,23,24,25);1H. The molecule has 0 radical (unpaired) electrons. The van der Waals surface area contributed by atoms with E-state index in [9.17, 15) is 13.2 Å². The van der Waals surface area contributed by atoms with E-state index in [0.29, 0.717) is 18.4 Å². The maximum absolute atomic E-state index is 14.1. The van der Waals surface area contributed by atoms with Crippen LogP contribution < -0.4 is 15.4 Å². The lowest BCUT2D eigenvalue weighted by Crippen LogP contribution is -2.67. The molecule has 0 spiro atoms. The van der Waals surface area contributed by atoms with E-state index < -0.39 is 12.4 Å². The fourth-order valence-electron chi connectivity index (χ4n) is 4.14. The highest BCUT2D eigenvalue weighted by molar-refractivity contribution is 14.0. The van der Waals surface area contributed by atoms with Crippen LogP contribution in [0.15, 0.2) is 23.2 Å². The summed E-state index contributed by atoms with van der Waals surface area (Å²) in [4.78, 5) is 4.40. The molecule has 1 aliphatic carbocycles. The number of hydrogen-bond donors (Lipinski definition) is 2. The molecule has 2 aliphatic rings. The summed E-state index contributed by atoms with van der Waals surface area (Å²) < 4.78 is 49.5. The molecular weight excluding hydrogens is 486 g/mol. The molecule has 1 aromatic carbocycles. The second-order valence-electron chi connectivity index (χ2n) is 7.48. The Hall–Kier alpha value is -1.23. The number of alkyl halides is 2. The average Bonchev–Trinajstić information content (AvgIpc) is 3.05. The number of fused-ring (bicyclic) bond motifs is 1. The van der Waals surface area contributed by atoms with E-state index in [4.69, 9.17) is 4.74 Å². The average molecular weight is 513 g/mol. The van der Waals surface area contributed by atoms with Gasteiger partial charge in [0.05, 0.1) is 18.2 Å². The zero-order valence-corrected chi connectivity index (χ0v) is 18.5. The molecule has 2 fully saturated rings. The molecule has 3 atom stereocenters. The molecule has 5 nitrogen and oxygen atoms in total. The van der Waals surface area contributed by atoms with Gasteiger partial charge in [-0.25, -0.2) is 9.38 Å². The van der Waals surface area contributed by atoms with E-state index in [1.807, 2.05) is 6.92 Å². The zero-order valence-electron chi connectivity index (χ0n) is 16.2. The van der Waals surface area contributed by atoms with Crippen molar-refractivity contribution >= 4 is 29.9 Å². The van der Waals surface area contributed by atoms with Crippen molar-refractivity contribution in [1.29, 1.82) is 0 Å². The normalized spacial score (nSPS) is 25.5. The van der Waals surface area contributed by atoms with Crippen molar-refractivity contribution in [3.05, 3.63) is 29.6 Å². The number of guanidine groups is 1. The summed E-state index contributed by atoms with van der Waals surface area (Å²) in [6, 6.07) is 4.04. The monoisotopic (exact) mass is 513 g/mol. The fraction of sp³-hybridized carbons (Fsp3) is 0.632. The SMILES string of the molecule is CCNC(=NCc1c(F)cccc1OC(F)F)NC1C2CCOC2C1(C)C.I. The minimum Gasteiger partial charge on any atom is -0.434 e. The van der Waals surface area contributed by atoms with E-state index in [1.165, 1.54) is 18.2 Å². The highest BCUT2D eigenvalue weighted by Crippen LogP contribution is 2.52. The number of hydrogen-bond acceptors (Lipinski definition) is 3. The van der Waals surface area contributed by atoms with Crippen molar-refractivity contribution in [3.63, 3.8) is 0 Å². The number of rotatable bonds is 6. The Morgan fingerprint density at radius 1 is 1.39 bits per heavy atom. The lowest BCUT2D eigenvalue weighted by molar-refractivity contribution is -0.106. The number of halogens is 4. The van der Waals surface area contributed by atoms with Crippen LogP contribution in [-0.4, -0.2) is 37.9 Å². The summed E-state index contributed by atoms with van der Waals surface area (Å²) in [6.07, 6.45) is 1.22. The number of ether oxygens (including phenoxy) is 2. The first-order valence-corrected chi connectivity index (χ1v) is 9.23. The Labute approximate surface area is 180 Å². The topological polar surface area (TPSA) is 54.9 Å². The van der Waals surface area contributed by atoms with E-state index in [2.05, 4.69) is 34.2 Å². The molecule has 158 valence electrons. The summed E-state index contributed by atoms with van der Waals surface area (Å²) in [5, 5.41) is 6.55. The highest BCUT2D eigenvalue weighted by atomic mass is 127. The summed E-state index contributed by atoms with van der Waals surface area (Å²) in [6.45, 7) is 4.48. The van der Waals surface area contributed by atoms with Crippen LogP contribution in [0.1, 0.15) is 32.8 Å². The third kappa shape index (κ3) is 4.67. The molecule has 3 rings (SSSR count). The summed E-state index contributed by atoms with van der Waals surface area (Å²) in [7, 11) is 0. The molecule has 1 aromatic rings. The maximum Gasteiger partial charge on any atom is 0.387 e. The maximum atomic E-state index is 14.1. The van der Waals surface area contributed by atoms with Crippen molar-refractivity contribution in [2.45, 2.75) is 52.5 Å². The summed E-state index contributed by atoms with van der Waals surface area (Å²) >= 11 is 0. The molecule has 1 heterocycles. The van der Waals surface area contributed by atoms with Crippen LogP contribution in [0.3, 0.4) is 0 Å². The van der Waals surface area contributed by atoms with Gasteiger partial charge >= 0.3 is 6.61 Å². The minimum atomic E-state index is -3.02. The number of nitrogens with one attached hydrogen (secondary N) is 2. The van der Waals surface area contributed by atoms with Gasteiger partial charge in [-0.3, -0.25) is 0 Å². The first-order valence-electron chi connectivity index (χ1n) is 9.23. The van der Waals surface area contributed by atoms with Crippen molar-refractivity contribution in [1.82, 2.24) is 10.6 Å². The van der Waals surface area contributed by atoms with Gasteiger partial charge in [-0.2, -0.15) is 8.78 Å². The highest BCUT2D eigenvalue weighted by Gasteiger charge is 2.59. The van der Waals surface area contributed by atoms with Gasteiger partial charge in [0.1, 0.15) is 11.6 Å². The van der Waals surface area contributed by atoms with Crippen molar-refractivity contribution in [2.75, 3.05) is 13.2 Å². The largest absolute Gasteiger partial charge is 0.434 e. The molecular formula is C19H27F3IN3O2. The van der Waals surface area contributed by atoms with Gasteiger partial charge in [-0.05, 0) is 25.5 Å². The molecule has 1 saturated carbocycles. The minimum absolute atomic E-state index is 0. The lowest BCUT2D eigenvalue weighted by atomic mass is 9.57. The van der Waals surface area contributed by atoms with Gasteiger partial charge < -0.3 is 20.1 Å². The van der Waals surface area contributed by atoms with Gasteiger partial charge in [0.25, 0.3) is 0 Å². The van der Waals surface area contributed by atoms with Crippen molar-refractivity contribution < 1.29 is 22.6 Å². The van der Waals surface area contributed by atoms with Crippen LogP contribution in [0.5, 0.6) is 5.75 Å². The molecule has 1 aliphatic heterocycles. The van der Waals surface area contributed by atoms with Crippen LogP contribution in [0.4, 0.5) is 13.2 Å². The van der Waals surface area contributed by atoms with Gasteiger partial charge in [-0.1, -0.05) is 19.9 Å². The van der Waals surface area contributed by atoms with Crippen LogP contribution in [0, 0.1) is 17.2 Å². The quantitative estimate of drug-likeness (QED) is 0.344. The molecule has 0 aromatic heterocycles. The van der Waals surface area contributed by atoms with Crippen molar-refractivity contribution in [3.8, 4) is 5.75 Å². The van der Waals surface area contributed by atoms with Crippen LogP contribution in [-0.2, 0) is 11.3 Å². The predicted molar refractivity (Wildman–Crippen MR) is 112 cm³/mol. The first-order chi connectivity index (χ1) is 12.8. The first kappa shape index (κ1) is 23.1. The second kappa shape index (κ2) is 9.51. The fourth-order valence-corrected chi connectivity index (χ4v) is 4.14. The van der Waals surface area contributed by atoms with Crippen LogP contribution >= 0.6 is 24.0 Å². The number of aliphatic imine (C=N–C) groups is 1. The predicted octanol–water partition coefficient (Wildman–Crippen LogP) is 3.91. The smallest absolute Gasteiger partial charge is 0.387 e.